The number of hydrogen-bond acceptors (Lipinski definition) is 6. The highest BCUT2D eigenvalue weighted by molar-refractivity contribution is 7.17. The van der Waals surface area contributed by atoms with Gasteiger partial charge in [0.1, 0.15) is 4.88 Å². The van der Waals surface area contributed by atoms with Crippen molar-refractivity contribution in [3.8, 4) is 0 Å². The normalized spacial score (nSPS) is 10.3. The predicted molar refractivity (Wildman–Crippen MR) is 74.5 cm³/mol. The second-order valence-electron chi connectivity index (χ2n) is 4.09. The molecule has 0 saturated heterocycles. The summed E-state index contributed by atoms with van der Waals surface area (Å²) in [5.41, 5.74) is 2.74. The summed E-state index contributed by atoms with van der Waals surface area (Å²) in [5.74, 6) is -0.347. The van der Waals surface area contributed by atoms with Crippen molar-refractivity contribution in [1.29, 1.82) is 0 Å². The summed E-state index contributed by atoms with van der Waals surface area (Å²) < 4.78 is 4.70. The summed E-state index contributed by atoms with van der Waals surface area (Å²) in [5, 5.41) is 3.89. The molecular weight excluding hydrogens is 262 g/mol. The van der Waals surface area contributed by atoms with E-state index in [-0.39, 0.29) is 5.97 Å². The maximum atomic E-state index is 11.5. The lowest BCUT2D eigenvalue weighted by Gasteiger charge is -2.02. The lowest BCUT2D eigenvalue weighted by Crippen LogP contribution is -1.99. The van der Waals surface area contributed by atoms with Crippen molar-refractivity contribution >= 4 is 22.4 Å². The molecule has 0 unspecified atom stereocenters. The average Bonchev–Trinajstić information content (AvgIpc) is 2.78. The number of methoxy groups -OCH3 is 1. The molecular formula is C13H15N3O2S. The van der Waals surface area contributed by atoms with Crippen LogP contribution in [0.1, 0.15) is 26.6 Å². The molecule has 0 spiro atoms. The van der Waals surface area contributed by atoms with E-state index in [4.69, 9.17) is 4.74 Å². The van der Waals surface area contributed by atoms with Gasteiger partial charge in [-0.1, -0.05) is 17.4 Å². The number of ether oxygens (including phenoxy) is 1. The number of esters is 1. The Balaban J connectivity index is 2.04. The monoisotopic (exact) mass is 277 g/mol. The minimum atomic E-state index is -0.347. The molecule has 0 radical (unpaired) electrons. The first-order valence-electron chi connectivity index (χ1n) is 5.81. The molecule has 5 nitrogen and oxygen atoms in total. The lowest BCUT2D eigenvalue weighted by molar-refractivity contribution is 0.0605. The molecule has 2 aromatic heterocycles. The Morgan fingerprint density at radius 1 is 1.42 bits per heavy atom. The third-order valence-corrected chi connectivity index (χ3v) is 3.68. The number of anilines is 1. The van der Waals surface area contributed by atoms with Crippen LogP contribution in [0.4, 0.5) is 5.13 Å². The Morgan fingerprint density at radius 2 is 2.21 bits per heavy atom. The molecule has 100 valence electrons. The van der Waals surface area contributed by atoms with E-state index in [0.717, 1.165) is 11.3 Å². The Kier molecular flexibility index (Phi) is 4.11. The molecule has 0 saturated carbocycles. The van der Waals surface area contributed by atoms with Crippen molar-refractivity contribution in [1.82, 2.24) is 9.97 Å². The van der Waals surface area contributed by atoms with E-state index in [2.05, 4.69) is 15.3 Å². The molecule has 0 aliphatic heterocycles. The van der Waals surface area contributed by atoms with Crippen molar-refractivity contribution in [2.24, 2.45) is 0 Å². The summed E-state index contributed by atoms with van der Waals surface area (Å²) in [4.78, 5) is 20.5. The largest absolute Gasteiger partial charge is 0.465 e. The zero-order valence-electron chi connectivity index (χ0n) is 11.1. The van der Waals surface area contributed by atoms with Crippen LogP contribution in [0.15, 0.2) is 18.3 Å². The van der Waals surface area contributed by atoms with E-state index in [1.807, 2.05) is 25.3 Å². The van der Waals surface area contributed by atoms with Crippen LogP contribution in [0, 0.1) is 13.8 Å². The van der Waals surface area contributed by atoms with E-state index in [0.29, 0.717) is 22.2 Å². The van der Waals surface area contributed by atoms with Gasteiger partial charge in [-0.3, -0.25) is 4.98 Å². The highest BCUT2D eigenvalue weighted by Gasteiger charge is 2.15. The van der Waals surface area contributed by atoms with Gasteiger partial charge in [0.05, 0.1) is 12.8 Å². The summed E-state index contributed by atoms with van der Waals surface area (Å²) in [6.45, 7) is 4.37. The topological polar surface area (TPSA) is 64.1 Å². The number of nitrogens with zero attached hydrogens (tertiary/aromatic N) is 2. The van der Waals surface area contributed by atoms with Gasteiger partial charge in [0.25, 0.3) is 0 Å². The van der Waals surface area contributed by atoms with E-state index >= 15 is 0 Å². The fourth-order valence-electron chi connectivity index (χ4n) is 1.53. The molecule has 0 atom stereocenters. The van der Waals surface area contributed by atoms with Crippen molar-refractivity contribution in [2.45, 2.75) is 20.4 Å². The first-order valence-corrected chi connectivity index (χ1v) is 6.63. The van der Waals surface area contributed by atoms with Gasteiger partial charge in [0, 0.05) is 18.4 Å². The third kappa shape index (κ3) is 3.29. The first-order chi connectivity index (χ1) is 9.10. The number of hydrogen-bond donors (Lipinski definition) is 1. The highest BCUT2D eigenvalue weighted by atomic mass is 32.1. The molecule has 0 amide bonds. The number of carbonyl (C=O) groups excluding carboxylic acids is 1. The number of aryl methyl sites for hydroxylation is 2. The Hall–Kier alpha value is -1.95. The second kappa shape index (κ2) is 5.79. The fourth-order valence-corrected chi connectivity index (χ4v) is 2.42. The molecule has 2 aromatic rings. The molecule has 0 aliphatic rings. The number of aromatic nitrogens is 2. The fraction of sp³-hybridized carbons (Fsp3) is 0.308. The summed E-state index contributed by atoms with van der Waals surface area (Å²) in [6, 6.07) is 3.97. The standard InChI is InChI=1S/C13H15N3O2S/c1-8-4-5-10(6-14-8)7-15-13-16-9(2)11(19-13)12(17)18-3/h4-6H,7H2,1-3H3,(H,15,16). The quantitative estimate of drug-likeness (QED) is 0.870. The van der Waals surface area contributed by atoms with Gasteiger partial charge < -0.3 is 10.1 Å². The molecule has 2 rings (SSSR count). The van der Waals surface area contributed by atoms with Crippen LogP contribution < -0.4 is 5.32 Å². The maximum Gasteiger partial charge on any atom is 0.350 e. The molecule has 0 bridgehead atoms. The molecule has 19 heavy (non-hydrogen) atoms. The van der Waals surface area contributed by atoms with E-state index in [1.165, 1.54) is 18.4 Å². The van der Waals surface area contributed by atoms with Crippen molar-refractivity contribution in [3.05, 3.63) is 40.2 Å². The Labute approximate surface area is 115 Å². The van der Waals surface area contributed by atoms with Crippen molar-refractivity contribution < 1.29 is 9.53 Å². The van der Waals surface area contributed by atoms with Crippen LogP contribution in [-0.2, 0) is 11.3 Å². The Bertz CT molecular complexity index is 578. The first kappa shape index (κ1) is 13.5. The number of pyridine rings is 1. The van der Waals surface area contributed by atoms with Gasteiger partial charge in [-0.2, -0.15) is 0 Å². The van der Waals surface area contributed by atoms with Crippen LogP contribution in [0.5, 0.6) is 0 Å². The van der Waals surface area contributed by atoms with Crippen LogP contribution in [0.3, 0.4) is 0 Å². The minimum Gasteiger partial charge on any atom is -0.465 e. The SMILES string of the molecule is COC(=O)c1sc(NCc2ccc(C)nc2)nc1C. The van der Waals surface area contributed by atoms with Crippen LogP contribution in [0.25, 0.3) is 0 Å². The molecule has 1 N–H and O–H groups in total. The summed E-state index contributed by atoms with van der Waals surface area (Å²) >= 11 is 1.30. The third-order valence-electron chi connectivity index (χ3n) is 2.58. The average molecular weight is 277 g/mol. The molecule has 0 fully saturated rings. The van der Waals surface area contributed by atoms with Crippen molar-refractivity contribution in [2.75, 3.05) is 12.4 Å². The number of carbonyl (C=O) groups is 1. The van der Waals surface area contributed by atoms with Crippen LogP contribution in [0.2, 0.25) is 0 Å². The molecule has 6 heteroatoms. The lowest BCUT2D eigenvalue weighted by atomic mass is 10.2. The molecule has 0 aliphatic carbocycles. The van der Waals surface area contributed by atoms with E-state index < -0.39 is 0 Å². The predicted octanol–water partition coefficient (Wildman–Crippen LogP) is 2.55. The zero-order valence-corrected chi connectivity index (χ0v) is 11.9. The van der Waals surface area contributed by atoms with Crippen LogP contribution >= 0.6 is 11.3 Å². The van der Waals surface area contributed by atoms with Gasteiger partial charge >= 0.3 is 5.97 Å². The van der Waals surface area contributed by atoms with Gasteiger partial charge in [0.15, 0.2) is 5.13 Å². The summed E-state index contributed by atoms with van der Waals surface area (Å²) in [6.07, 6.45) is 1.82. The van der Waals surface area contributed by atoms with Gasteiger partial charge in [-0.05, 0) is 25.5 Å². The van der Waals surface area contributed by atoms with Crippen LogP contribution in [-0.4, -0.2) is 23.0 Å². The Morgan fingerprint density at radius 3 is 2.84 bits per heavy atom. The maximum absolute atomic E-state index is 11.5. The number of thiazole rings is 1. The number of nitrogens with one attached hydrogen (secondary N) is 1. The van der Waals surface area contributed by atoms with Gasteiger partial charge in [0.2, 0.25) is 0 Å². The van der Waals surface area contributed by atoms with E-state index in [1.54, 1.807) is 6.92 Å². The molecule has 2 heterocycles. The minimum absolute atomic E-state index is 0.347. The summed E-state index contributed by atoms with van der Waals surface area (Å²) in [7, 11) is 1.37. The highest BCUT2D eigenvalue weighted by Crippen LogP contribution is 2.23. The number of rotatable bonds is 4. The van der Waals surface area contributed by atoms with Crippen molar-refractivity contribution in [3.63, 3.8) is 0 Å². The van der Waals surface area contributed by atoms with Gasteiger partial charge in [-0.15, -0.1) is 0 Å². The second-order valence-corrected chi connectivity index (χ2v) is 5.09. The molecule has 0 aromatic carbocycles. The zero-order chi connectivity index (χ0) is 13.8. The smallest absolute Gasteiger partial charge is 0.350 e. The van der Waals surface area contributed by atoms with E-state index in [9.17, 15) is 4.79 Å². The van der Waals surface area contributed by atoms with Gasteiger partial charge in [-0.25, -0.2) is 9.78 Å².